The van der Waals surface area contributed by atoms with Gasteiger partial charge in [0.1, 0.15) is 73.2 Å². The van der Waals surface area contributed by atoms with Crippen molar-refractivity contribution >= 4 is 5.91 Å². The SMILES string of the molecule is CCCCCCC/C=C\C/C=C\C/C=C\CCCCCCCCCCCCCCCCCCCCCCCCC(=O)NC(COC1OC(CO)C(OC2OC(CO)C(OC3OC(CO)C(O)C(O)C3O)C(O)C2O)C(O)C1O)C(O)CCCCCCCCCCCCCC. The molecule has 3 saturated heterocycles. The fraction of sp³-hybridized carbons (Fsp3) is 0.907. The van der Waals surface area contributed by atoms with Crippen molar-refractivity contribution in [2.24, 2.45) is 0 Å². The molecule has 1 amide bonds. The fourth-order valence-corrected chi connectivity index (χ4v) is 13.0. The van der Waals surface area contributed by atoms with E-state index in [0.717, 1.165) is 57.8 Å². The van der Waals surface area contributed by atoms with Crippen molar-refractivity contribution in [1.29, 1.82) is 0 Å². The normalized spacial score (nSPS) is 27.5. The van der Waals surface area contributed by atoms with Crippen LogP contribution in [0.3, 0.4) is 0 Å². The molecule has 0 spiro atoms. The maximum Gasteiger partial charge on any atom is 0.220 e. The average molecular weight is 1340 g/mol. The van der Waals surface area contributed by atoms with E-state index in [-0.39, 0.29) is 18.9 Å². The van der Waals surface area contributed by atoms with Crippen molar-refractivity contribution in [1.82, 2.24) is 5.32 Å². The Hall–Kier alpha value is -1.99. The van der Waals surface area contributed by atoms with Crippen LogP contribution in [0.2, 0.25) is 0 Å². The van der Waals surface area contributed by atoms with Crippen LogP contribution in [-0.2, 0) is 33.2 Å². The van der Waals surface area contributed by atoms with Crippen LogP contribution in [0.4, 0.5) is 0 Å². The Morgan fingerprint density at radius 1 is 0.383 bits per heavy atom. The first-order valence-corrected chi connectivity index (χ1v) is 38.2. The lowest BCUT2D eigenvalue weighted by Gasteiger charge is -2.48. The summed E-state index contributed by atoms with van der Waals surface area (Å²) in [7, 11) is 0. The molecule has 3 fully saturated rings. The van der Waals surface area contributed by atoms with Crippen LogP contribution in [-0.4, -0.2) is 193 Å². The van der Waals surface area contributed by atoms with Crippen LogP contribution in [0.5, 0.6) is 0 Å². The zero-order chi connectivity index (χ0) is 68.2. The smallest absolute Gasteiger partial charge is 0.220 e. The summed E-state index contributed by atoms with van der Waals surface area (Å²) in [6.07, 6.45) is 41.2. The van der Waals surface area contributed by atoms with Gasteiger partial charge in [-0.15, -0.1) is 0 Å². The lowest BCUT2D eigenvalue weighted by molar-refractivity contribution is -0.379. The maximum absolute atomic E-state index is 13.4. The molecule has 552 valence electrons. The molecule has 0 aromatic carbocycles. The lowest BCUT2D eigenvalue weighted by atomic mass is 9.96. The number of aliphatic hydroxyl groups excluding tert-OH is 11. The zero-order valence-electron chi connectivity index (χ0n) is 58.7. The Kier molecular flexibility index (Phi) is 52.0. The molecule has 3 rings (SSSR count). The molecule has 94 heavy (non-hydrogen) atoms. The molecule has 17 unspecified atom stereocenters. The summed E-state index contributed by atoms with van der Waals surface area (Å²) in [4.78, 5) is 13.4. The third-order valence-electron chi connectivity index (χ3n) is 19.2. The minimum absolute atomic E-state index is 0.239. The Balaban J connectivity index is 1.29. The van der Waals surface area contributed by atoms with E-state index in [2.05, 4.69) is 55.6 Å². The van der Waals surface area contributed by atoms with E-state index in [1.165, 1.54) is 212 Å². The average Bonchev–Trinajstić information content (AvgIpc) is 0.794. The van der Waals surface area contributed by atoms with Crippen LogP contribution in [0.25, 0.3) is 0 Å². The summed E-state index contributed by atoms with van der Waals surface area (Å²) in [6.45, 7) is 1.80. The number of unbranched alkanes of at least 4 members (excludes halogenated alkanes) is 38. The summed E-state index contributed by atoms with van der Waals surface area (Å²) < 4.78 is 34.4. The summed E-state index contributed by atoms with van der Waals surface area (Å²) >= 11 is 0. The van der Waals surface area contributed by atoms with E-state index in [0.29, 0.717) is 12.8 Å². The first kappa shape index (κ1) is 86.2. The van der Waals surface area contributed by atoms with Crippen molar-refractivity contribution in [3.63, 3.8) is 0 Å². The maximum atomic E-state index is 13.4. The molecule has 17 atom stereocenters. The number of aliphatic hydroxyl groups is 11. The first-order chi connectivity index (χ1) is 45.8. The van der Waals surface area contributed by atoms with Gasteiger partial charge in [-0.3, -0.25) is 4.79 Å². The van der Waals surface area contributed by atoms with E-state index in [1.807, 2.05) is 0 Å². The number of carbonyl (C=O) groups is 1. The topological polar surface area (TPSA) is 307 Å². The largest absolute Gasteiger partial charge is 0.394 e. The van der Waals surface area contributed by atoms with Crippen molar-refractivity contribution in [2.45, 2.75) is 407 Å². The van der Waals surface area contributed by atoms with Gasteiger partial charge in [-0.1, -0.05) is 281 Å². The molecule has 3 aliphatic rings. The van der Waals surface area contributed by atoms with Gasteiger partial charge in [-0.2, -0.15) is 0 Å². The van der Waals surface area contributed by atoms with E-state index in [9.17, 15) is 61.0 Å². The number of rotatable bonds is 60. The molecular weight excluding hydrogens is 1200 g/mol. The quantitative estimate of drug-likeness (QED) is 0.0199. The van der Waals surface area contributed by atoms with E-state index in [1.54, 1.807) is 0 Å². The highest BCUT2D eigenvalue weighted by molar-refractivity contribution is 5.76. The molecular formula is C75H139NO18. The fourth-order valence-electron chi connectivity index (χ4n) is 13.0. The Bertz CT molecular complexity index is 1840. The van der Waals surface area contributed by atoms with Gasteiger partial charge < -0.3 is 89.9 Å². The van der Waals surface area contributed by atoms with Crippen LogP contribution < -0.4 is 5.32 Å². The van der Waals surface area contributed by atoms with Gasteiger partial charge in [0.2, 0.25) is 5.91 Å². The van der Waals surface area contributed by atoms with Crippen LogP contribution in [0.1, 0.15) is 303 Å². The summed E-state index contributed by atoms with van der Waals surface area (Å²) in [5.74, 6) is -0.239. The number of allylic oxidation sites excluding steroid dienone is 6. The van der Waals surface area contributed by atoms with Crippen molar-refractivity contribution in [3.8, 4) is 0 Å². The molecule has 19 nitrogen and oxygen atoms in total. The number of hydrogen-bond acceptors (Lipinski definition) is 18. The highest BCUT2D eigenvalue weighted by atomic mass is 16.8. The second-order valence-electron chi connectivity index (χ2n) is 27.5. The zero-order valence-corrected chi connectivity index (χ0v) is 58.7. The molecule has 19 heteroatoms. The van der Waals surface area contributed by atoms with Crippen LogP contribution in [0.15, 0.2) is 36.5 Å². The van der Waals surface area contributed by atoms with E-state index >= 15 is 0 Å². The van der Waals surface area contributed by atoms with Gasteiger partial charge >= 0.3 is 0 Å². The Morgan fingerprint density at radius 2 is 0.702 bits per heavy atom. The number of hydrogen-bond donors (Lipinski definition) is 12. The van der Waals surface area contributed by atoms with E-state index < -0.39 is 124 Å². The monoisotopic (exact) mass is 1340 g/mol. The molecule has 3 aliphatic heterocycles. The Labute approximate surface area is 568 Å². The molecule has 0 saturated carbocycles. The second-order valence-corrected chi connectivity index (χ2v) is 27.5. The minimum atomic E-state index is -1.97. The predicted octanol–water partition coefficient (Wildman–Crippen LogP) is 11.6. The van der Waals surface area contributed by atoms with Gasteiger partial charge in [0.05, 0.1) is 38.6 Å². The van der Waals surface area contributed by atoms with Crippen molar-refractivity contribution in [2.75, 3.05) is 26.4 Å². The summed E-state index contributed by atoms with van der Waals surface area (Å²) in [5, 5.41) is 121. The predicted molar refractivity (Wildman–Crippen MR) is 369 cm³/mol. The minimum Gasteiger partial charge on any atom is -0.394 e. The van der Waals surface area contributed by atoms with Gasteiger partial charge in [0.25, 0.3) is 0 Å². The highest BCUT2D eigenvalue weighted by Gasteiger charge is 2.53. The summed E-state index contributed by atoms with van der Waals surface area (Å²) in [5.41, 5.74) is 0. The number of carbonyl (C=O) groups excluding carboxylic acids is 1. The molecule has 0 radical (unpaired) electrons. The summed E-state index contributed by atoms with van der Waals surface area (Å²) in [6, 6.07) is -0.884. The first-order valence-electron chi connectivity index (χ1n) is 38.2. The molecule has 3 heterocycles. The molecule has 0 aromatic heterocycles. The molecule has 0 aromatic rings. The van der Waals surface area contributed by atoms with E-state index in [4.69, 9.17) is 28.4 Å². The second kappa shape index (κ2) is 56.7. The number of nitrogens with one attached hydrogen (secondary N) is 1. The van der Waals surface area contributed by atoms with Gasteiger partial charge in [0.15, 0.2) is 18.9 Å². The standard InChI is InChI=1S/C75H139NO18/c1-3-5-7-9-11-13-15-17-18-19-20-21-22-23-24-25-26-27-28-29-30-31-32-33-34-35-36-37-38-39-40-41-43-45-47-49-51-53-63(81)76-58(59(80)52-50-48-46-44-42-16-14-12-10-8-6-4-2)57-89-73-69(87)66(84)71(61(55-78)91-73)94-75-70(88)67(85)72(62(56-79)92-75)93-74-68(86)65(83)64(82)60(54-77)90-74/h15,17,19-20,22-23,58-62,64-75,77-80,82-88H,3-14,16,18,21,24-57H2,1-2H3,(H,76,81)/b17-15-,20-19-,23-22-. The third kappa shape index (κ3) is 37.4. The van der Waals surface area contributed by atoms with Crippen molar-refractivity contribution in [3.05, 3.63) is 36.5 Å². The van der Waals surface area contributed by atoms with Gasteiger partial charge in [-0.25, -0.2) is 0 Å². The number of amides is 1. The van der Waals surface area contributed by atoms with Crippen LogP contribution in [0, 0.1) is 0 Å². The van der Waals surface area contributed by atoms with Gasteiger partial charge in [-0.05, 0) is 51.4 Å². The molecule has 0 bridgehead atoms. The van der Waals surface area contributed by atoms with Crippen LogP contribution >= 0.6 is 0 Å². The van der Waals surface area contributed by atoms with Gasteiger partial charge in [0, 0.05) is 6.42 Å². The molecule has 12 N–H and O–H groups in total. The highest BCUT2D eigenvalue weighted by Crippen LogP contribution is 2.33. The Morgan fingerprint density at radius 3 is 1.10 bits per heavy atom. The number of ether oxygens (including phenoxy) is 6. The molecule has 0 aliphatic carbocycles. The lowest BCUT2D eigenvalue weighted by Crippen LogP contribution is -2.66. The third-order valence-corrected chi connectivity index (χ3v) is 19.2. The van der Waals surface area contributed by atoms with Crippen molar-refractivity contribution < 1.29 is 89.4 Å².